The van der Waals surface area contributed by atoms with E-state index in [9.17, 15) is 10.1 Å². The molecule has 0 saturated heterocycles. The van der Waals surface area contributed by atoms with Crippen LogP contribution in [0.1, 0.15) is 24.2 Å². The minimum absolute atomic E-state index is 0.0921. The Kier molecular flexibility index (Phi) is 3.38. The number of hydrogen-bond acceptors (Lipinski definition) is 4. The quantitative estimate of drug-likeness (QED) is 0.658. The topological polar surface area (TPSA) is 87.0 Å². The molecule has 0 radical (unpaired) electrons. The van der Waals surface area contributed by atoms with Gasteiger partial charge in [0.05, 0.1) is 16.9 Å². The van der Waals surface area contributed by atoms with Gasteiger partial charge in [0.15, 0.2) is 0 Å². The van der Waals surface area contributed by atoms with Crippen LogP contribution in [0, 0.1) is 10.1 Å². The van der Waals surface area contributed by atoms with Crippen LogP contribution >= 0.6 is 0 Å². The highest BCUT2D eigenvalue weighted by Crippen LogP contribution is 2.15. The van der Waals surface area contributed by atoms with Crippen molar-refractivity contribution in [1.29, 1.82) is 0 Å². The highest BCUT2D eigenvalue weighted by Gasteiger charge is 2.08. The maximum Gasteiger partial charge on any atom is 0.269 e. The van der Waals surface area contributed by atoms with Crippen LogP contribution in [0.15, 0.2) is 36.8 Å². The van der Waals surface area contributed by atoms with Gasteiger partial charge in [-0.2, -0.15) is 0 Å². The zero-order chi connectivity index (χ0) is 13.1. The Morgan fingerprint density at radius 1 is 1.44 bits per heavy atom. The normalized spacial score (nSPS) is 12.3. The lowest BCUT2D eigenvalue weighted by molar-refractivity contribution is -0.384. The Bertz CT molecular complexity index is 545. The van der Waals surface area contributed by atoms with Crippen molar-refractivity contribution in [3.05, 3.63) is 58.2 Å². The van der Waals surface area contributed by atoms with Crippen molar-refractivity contribution in [1.82, 2.24) is 9.55 Å². The molecular formula is C12H14N4O2. The van der Waals surface area contributed by atoms with Crippen LogP contribution in [-0.4, -0.2) is 14.5 Å². The van der Waals surface area contributed by atoms with Gasteiger partial charge in [-0.25, -0.2) is 4.98 Å². The molecule has 0 bridgehead atoms. The molecule has 0 fully saturated rings. The van der Waals surface area contributed by atoms with Gasteiger partial charge in [-0.3, -0.25) is 10.1 Å². The average Bonchev–Trinajstić information content (AvgIpc) is 2.78. The molecule has 0 unspecified atom stereocenters. The van der Waals surface area contributed by atoms with Gasteiger partial charge in [0, 0.05) is 30.9 Å². The Morgan fingerprint density at radius 3 is 2.67 bits per heavy atom. The van der Waals surface area contributed by atoms with Crippen LogP contribution in [0.5, 0.6) is 0 Å². The minimum atomic E-state index is -0.408. The summed E-state index contributed by atoms with van der Waals surface area (Å²) in [5, 5.41) is 10.5. The fourth-order valence-electron chi connectivity index (χ4n) is 1.76. The molecule has 18 heavy (non-hydrogen) atoms. The fraction of sp³-hybridized carbons (Fsp3) is 0.250. The van der Waals surface area contributed by atoms with Crippen LogP contribution in [0.4, 0.5) is 5.69 Å². The standard InChI is InChI=1S/C12H14N4O2/c1-9(13)12-6-14-8-15(12)7-10-2-4-11(5-3-10)16(17)18/h2-6,8-9H,7,13H2,1H3/t9-/m1/s1. The lowest BCUT2D eigenvalue weighted by atomic mass is 10.2. The smallest absolute Gasteiger partial charge is 0.269 e. The highest BCUT2D eigenvalue weighted by atomic mass is 16.6. The molecule has 0 amide bonds. The molecule has 0 aliphatic carbocycles. The number of nitro groups is 1. The lowest BCUT2D eigenvalue weighted by Gasteiger charge is -2.10. The molecule has 0 spiro atoms. The van der Waals surface area contributed by atoms with Crippen LogP contribution in [0.3, 0.4) is 0 Å². The van der Waals surface area contributed by atoms with Crippen LogP contribution in [0.25, 0.3) is 0 Å². The summed E-state index contributed by atoms with van der Waals surface area (Å²) in [6.07, 6.45) is 3.44. The molecular weight excluding hydrogens is 232 g/mol. The van der Waals surface area contributed by atoms with E-state index in [0.29, 0.717) is 6.54 Å². The molecule has 6 nitrogen and oxygen atoms in total. The van der Waals surface area contributed by atoms with Crippen LogP contribution < -0.4 is 5.73 Å². The zero-order valence-electron chi connectivity index (χ0n) is 9.98. The van der Waals surface area contributed by atoms with E-state index >= 15 is 0 Å². The summed E-state index contributed by atoms with van der Waals surface area (Å²) in [5.74, 6) is 0. The third kappa shape index (κ3) is 2.54. The summed E-state index contributed by atoms with van der Waals surface area (Å²) in [4.78, 5) is 14.2. The number of nitro benzene ring substituents is 1. The summed E-state index contributed by atoms with van der Waals surface area (Å²) in [6.45, 7) is 2.50. The second-order valence-corrected chi connectivity index (χ2v) is 4.16. The Morgan fingerprint density at radius 2 is 2.11 bits per heavy atom. The van der Waals surface area contributed by atoms with E-state index < -0.39 is 4.92 Å². The Hall–Kier alpha value is -2.21. The highest BCUT2D eigenvalue weighted by molar-refractivity contribution is 5.33. The first kappa shape index (κ1) is 12.3. The molecule has 1 atom stereocenters. The van der Waals surface area contributed by atoms with E-state index in [0.717, 1.165) is 11.3 Å². The predicted molar refractivity (Wildman–Crippen MR) is 67.0 cm³/mol. The lowest BCUT2D eigenvalue weighted by Crippen LogP contribution is -2.12. The summed E-state index contributed by atoms with van der Waals surface area (Å²) in [6, 6.07) is 6.38. The Labute approximate surface area is 104 Å². The van der Waals surface area contributed by atoms with Crippen molar-refractivity contribution >= 4 is 5.69 Å². The Balaban J connectivity index is 2.18. The average molecular weight is 246 g/mol. The van der Waals surface area contributed by atoms with Crippen molar-refractivity contribution in [3.8, 4) is 0 Å². The van der Waals surface area contributed by atoms with Crippen molar-refractivity contribution in [2.24, 2.45) is 5.73 Å². The number of nitrogens with two attached hydrogens (primary N) is 1. The third-order valence-corrected chi connectivity index (χ3v) is 2.71. The first-order chi connectivity index (χ1) is 8.58. The van der Waals surface area contributed by atoms with E-state index in [4.69, 9.17) is 5.73 Å². The number of imidazole rings is 1. The molecule has 1 aromatic heterocycles. The fourth-order valence-corrected chi connectivity index (χ4v) is 1.76. The molecule has 1 aromatic carbocycles. The van der Waals surface area contributed by atoms with Gasteiger partial charge in [-0.05, 0) is 12.5 Å². The number of nitrogens with zero attached hydrogens (tertiary/aromatic N) is 3. The summed E-state index contributed by atoms with van der Waals surface area (Å²) in [7, 11) is 0. The number of aromatic nitrogens is 2. The van der Waals surface area contributed by atoms with E-state index in [-0.39, 0.29) is 11.7 Å². The second kappa shape index (κ2) is 4.97. The van der Waals surface area contributed by atoms with Gasteiger partial charge in [0.1, 0.15) is 0 Å². The molecule has 2 rings (SSSR count). The molecule has 2 aromatic rings. The second-order valence-electron chi connectivity index (χ2n) is 4.16. The number of rotatable bonds is 4. The van der Waals surface area contributed by atoms with Gasteiger partial charge in [-0.1, -0.05) is 12.1 Å². The van der Waals surface area contributed by atoms with Crippen LogP contribution in [0.2, 0.25) is 0 Å². The van der Waals surface area contributed by atoms with E-state index in [2.05, 4.69) is 4.98 Å². The zero-order valence-corrected chi connectivity index (χ0v) is 9.98. The first-order valence-electron chi connectivity index (χ1n) is 5.57. The SMILES string of the molecule is C[C@@H](N)c1cncn1Cc1ccc([N+](=O)[O-])cc1. The van der Waals surface area contributed by atoms with Gasteiger partial charge < -0.3 is 10.3 Å². The van der Waals surface area contributed by atoms with Crippen LogP contribution in [-0.2, 0) is 6.54 Å². The summed E-state index contributed by atoms with van der Waals surface area (Å²) < 4.78 is 1.94. The molecule has 94 valence electrons. The molecule has 1 heterocycles. The predicted octanol–water partition coefficient (Wildman–Crippen LogP) is 1.86. The van der Waals surface area contributed by atoms with Gasteiger partial charge >= 0.3 is 0 Å². The monoisotopic (exact) mass is 246 g/mol. The van der Waals surface area contributed by atoms with Gasteiger partial charge in [0.25, 0.3) is 5.69 Å². The maximum absolute atomic E-state index is 10.5. The minimum Gasteiger partial charge on any atom is -0.329 e. The number of benzene rings is 1. The van der Waals surface area contributed by atoms with E-state index in [1.165, 1.54) is 12.1 Å². The first-order valence-corrected chi connectivity index (χ1v) is 5.57. The number of hydrogen-bond donors (Lipinski definition) is 1. The molecule has 0 aliphatic rings. The van der Waals surface area contributed by atoms with E-state index in [1.54, 1.807) is 24.7 Å². The van der Waals surface area contributed by atoms with Crippen molar-refractivity contribution < 1.29 is 4.92 Å². The van der Waals surface area contributed by atoms with Crippen molar-refractivity contribution in [2.75, 3.05) is 0 Å². The number of non-ortho nitro benzene ring substituents is 1. The molecule has 0 saturated carbocycles. The third-order valence-electron chi connectivity index (χ3n) is 2.71. The largest absolute Gasteiger partial charge is 0.329 e. The van der Waals surface area contributed by atoms with Crippen molar-refractivity contribution in [2.45, 2.75) is 19.5 Å². The maximum atomic E-state index is 10.5. The molecule has 2 N–H and O–H groups in total. The van der Waals surface area contributed by atoms with Crippen molar-refractivity contribution in [3.63, 3.8) is 0 Å². The summed E-state index contributed by atoms with van der Waals surface area (Å²) >= 11 is 0. The molecule has 6 heteroatoms. The summed E-state index contributed by atoms with van der Waals surface area (Å²) in [5.41, 5.74) is 7.83. The van der Waals surface area contributed by atoms with Gasteiger partial charge in [0.2, 0.25) is 0 Å². The van der Waals surface area contributed by atoms with E-state index in [1.807, 2.05) is 11.5 Å². The van der Waals surface area contributed by atoms with Gasteiger partial charge in [-0.15, -0.1) is 0 Å². The molecule has 0 aliphatic heterocycles.